The maximum atomic E-state index is 12.8. The van der Waals surface area contributed by atoms with E-state index in [1.54, 1.807) is 7.11 Å². The number of rotatable bonds is 4. The van der Waals surface area contributed by atoms with Crippen LogP contribution in [-0.2, 0) is 16.0 Å². The van der Waals surface area contributed by atoms with Gasteiger partial charge in [-0.2, -0.15) is 0 Å². The number of amides is 1. The number of carbonyl (C=O) groups is 1. The van der Waals surface area contributed by atoms with Gasteiger partial charge in [0.15, 0.2) is 0 Å². The Morgan fingerprint density at radius 3 is 2.58 bits per heavy atom. The average molecular weight is 347 g/mol. The Morgan fingerprint density at radius 1 is 1.21 bits per heavy atom. The summed E-state index contributed by atoms with van der Waals surface area (Å²) < 4.78 is 5.05. The standard InChI is InChI=1S/C19H22N2O2.ClH/c1-23-13-17(20)19(22)21-12-11-14-7-5-6-10-16(14)18(21)15-8-3-2-4-9-15;/h2-10,17-18H,11-13,20H2,1H3;1H. The number of nitrogens with zero attached hydrogens (tertiary/aromatic N) is 1. The summed E-state index contributed by atoms with van der Waals surface area (Å²) in [6, 6.07) is 17.7. The van der Waals surface area contributed by atoms with E-state index in [4.69, 9.17) is 10.5 Å². The molecule has 2 aromatic carbocycles. The lowest BCUT2D eigenvalue weighted by molar-refractivity contribution is -0.135. The van der Waals surface area contributed by atoms with Gasteiger partial charge < -0.3 is 15.4 Å². The number of fused-ring (bicyclic) bond motifs is 1. The largest absolute Gasteiger partial charge is 0.383 e. The van der Waals surface area contributed by atoms with Crippen molar-refractivity contribution in [1.82, 2.24) is 4.90 Å². The first kappa shape index (κ1) is 18.5. The minimum atomic E-state index is -0.628. The summed E-state index contributed by atoms with van der Waals surface area (Å²) in [5.41, 5.74) is 9.59. The molecular weight excluding hydrogens is 324 g/mol. The van der Waals surface area contributed by atoms with Crippen molar-refractivity contribution in [2.45, 2.75) is 18.5 Å². The van der Waals surface area contributed by atoms with Crippen molar-refractivity contribution in [3.63, 3.8) is 0 Å². The van der Waals surface area contributed by atoms with Crippen LogP contribution in [0.3, 0.4) is 0 Å². The van der Waals surface area contributed by atoms with Gasteiger partial charge in [0.25, 0.3) is 0 Å². The van der Waals surface area contributed by atoms with Gasteiger partial charge in [-0.3, -0.25) is 4.79 Å². The van der Waals surface area contributed by atoms with Crippen LogP contribution in [-0.4, -0.2) is 37.1 Å². The van der Waals surface area contributed by atoms with Gasteiger partial charge >= 0.3 is 0 Å². The molecule has 0 aromatic heterocycles. The molecule has 2 unspecified atom stereocenters. The van der Waals surface area contributed by atoms with E-state index >= 15 is 0 Å². The molecule has 1 heterocycles. The predicted molar refractivity (Wildman–Crippen MR) is 97.2 cm³/mol. The second-order valence-corrected chi connectivity index (χ2v) is 5.86. The maximum absolute atomic E-state index is 12.8. The van der Waals surface area contributed by atoms with Gasteiger partial charge in [0.05, 0.1) is 12.6 Å². The van der Waals surface area contributed by atoms with Crippen molar-refractivity contribution in [1.29, 1.82) is 0 Å². The fourth-order valence-electron chi connectivity index (χ4n) is 3.26. The molecule has 0 bridgehead atoms. The lowest BCUT2D eigenvalue weighted by Crippen LogP contribution is -2.50. The van der Waals surface area contributed by atoms with Gasteiger partial charge in [0, 0.05) is 13.7 Å². The van der Waals surface area contributed by atoms with Crippen molar-refractivity contribution in [2.75, 3.05) is 20.3 Å². The van der Waals surface area contributed by atoms with Crippen molar-refractivity contribution in [3.8, 4) is 0 Å². The Labute approximate surface area is 149 Å². The zero-order valence-electron chi connectivity index (χ0n) is 13.7. The first-order valence-corrected chi connectivity index (χ1v) is 7.90. The summed E-state index contributed by atoms with van der Waals surface area (Å²) in [5.74, 6) is -0.0600. The van der Waals surface area contributed by atoms with Crippen molar-refractivity contribution in [3.05, 3.63) is 71.3 Å². The van der Waals surface area contributed by atoms with Crippen LogP contribution in [0, 0.1) is 0 Å². The van der Waals surface area contributed by atoms with Gasteiger partial charge in [0.2, 0.25) is 5.91 Å². The zero-order valence-corrected chi connectivity index (χ0v) is 14.5. The van der Waals surface area contributed by atoms with Crippen molar-refractivity contribution in [2.24, 2.45) is 5.73 Å². The lowest BCUT2D eigenvalue weighted by atomic mass is 9.88. The molecular formula is C19H23ClN2O2. The average Bonchev–Trinajstić information content (AvgIpc) is 2.61. The summed E-state index contributed by atoms with van der Waals surface area (Å²) in [5, 5.41) is 0. The molecule has 1 aliphatic heterocycles. The highest BCUT2D eigenvalue weighted by Crippen LogP contribution is 2.35. The summed E-state index contributed by atoms with van der Waals surface area (Å²) in [6.07, 6.45) is 0.852. The second kappa shape index (κ2) is 8.29. The Kier molecular flexibility index (Phi) is 6.37. The van der Waals surface area contributed by atoms with Crippen LogP contribution in [0.15, 0.2) is 54.6 Å². The Hall–Kier alpha value is -1.88. The van der Waals surface area contributed by atoms with Crippen LogP contribution in [0.2, 0.25) is 0 Å². The molecule has 3 rings (SSSR count). The van der Waals surface area contributed by atoms with Crippen LogP contribution in [0.4, 0.5) is 0 Å². The molecule has 128 valence electrons. The molecule has 5 heteroatoms. The number of hydrogen-bond donors (Lipinski definition) is 1. The van der Waals surface area contributed by atoms with Crippen LogP contribution in [0.25, 0.3) is 0 Å². The molecule has 2 atom stereocenters. The monoisotopic (exact) mass is 346 g/mol. The van der Waals surface area contributed by atoms with Crippen LogP contribution >= 0.6 is 12.4 Å². The lowest BCUT2D eigenvalue weighted by Gasteiger charge is -2.39. The number of nitrogens with two attached hydrogens (primary N) is 1. The Balaban J connectivity index is 0.00000208. The van der Waals surface area contributed by atoms with Crippen molar-refractivity contribution >= 4 is 18.3 Å². The van der Waals surface area contributed by atoms with Crippen LogP contribution < -0.4 is 5.73 Å². The van der Waals surface area contributed by atoms with Gasteiger partial charge in [-0.05, 0) is 23.1 Å². The molecule has 0 spiro atoms. The zero-order chi connectivity index (χ0) is 16.2. The third kappa shape index (κ3) is 3.61. The molecule has 0 saturated carbocycles. The third-order valence-corrected chi connectivity index (χ3v) is 4.35. The highest BCUT2D eigenvalue weighted by molar-refractivity contribution is 5.85. The van der Waals surface area contributed by atoms with Crippen LogP contribution in [0.5, 0.6) is 0 Å². The summed E-state index contributed by atoms with van der Waals surface area (Å²) in [7, 11) is 1.56. The highest BCUT2D eigenvalue weighted by Gasteiger charge is 2.33. The van der Waals surface area contributed by atoms with Gasteiger partial charge in [0.1, 0.15) is 6.04 Å². The normalized spacial score (nSPS) is 17.6. The van der Waals surface area contributed by atoms with E-state index in [1.165, 1.54) is 11.1 Å². The summed E-state index contributed by atoms with van der Waals surface area (Å²) in [6.45, 7) is 0.908. The smallest absolute Gasteiger partial charge is 0.242 e. The second-order valence-electron chi connectivity index (χ2n) is 5.86. The Bertz CT molecular complexity index is 678. The van der Waals surface area contributed by atoms with Crippen LogP contribution in [0.1, 0.15) is 22.7 Å². The minimum absolute atomic E-state index is 0. The topological polar surface area (TPSA) is 55.6 Å². The molecule has 0 fully saturated rings. The molecule has 2 aromatic rings. The fourth-order valence-corrected chi connectivity index (χ4v) is 3.26. The molecule has 2 N–H and O–H groups in total. The van der Waals surface area contributed by atoms with E-state index in [0.29, 0.717) is 6.54 Å². The van der Waals surface area contributed by atoms with Gasteiger partial charge in [-0.25, -0.2) is 0 Å². The van der Waals surface area contributed by atoms with Gasteiger partial charge in [-0.1, -0.05) is 54.6 Å². The van der Waals surface area contributed by atoms with E-state index in [1.807, 2.05) is 29.2 Å². The van der Waals surface area contributed by atoms with E-state index in [-0.39, 0.29) is 31.0 Å². The van der Waals surface area contributed by atoms with E-state index < -0.39 is 6.04 Å². The fraction of sp³-hybridized carbons (Fsp3) is 0.316. The number of halogens is 1. The number of methoxy groups -OCH3 is 1. The summed E-state index contributed by atoms with van der Waals surface area (Å²) >= 11 is 0. The van der Waals surface area contributed by atoms with Crippen molar-refractivity contribution < 1.29 is 9.53 Å². The number of benzene rings is 2. The summed E-state index contributed by atoms with van der Waals surface area (Å²) in [4.78, 5) is 14.7. The SMILES string of the molecule is COCC(N)C(=O)N1CCc2ccccc2C1c1ccccc1.Cl. The maximum Gasteiger partial charge on any atom is 0.242 e. The molecule has 0 saturated heterocycles. The number of ether oxygens (including phenoxy) is 1. The minimum Gasteiger partial charge on any atom is -0.383 e. The molecule has 1 amide bonds. The van der Waals surface area contributed by atoms with E-state index in [9.17, 15) is 4.79 Å². The first-order chi connectivity index (χ1) is 11.2. The molecule has 4 nitrogen and oxygen atoms in total. The molecule has 0 aliphatic carbocycles. The predicted octanol–water partition coefficient (Wildman–Crippen LogP) is 2.56. The highest BCUT2D eigenvalue weighted by atomic mass is 35.5. The number of carbonyl (C=O) groups excluding carboxylic acids is 1. The molecule has 24 heavy (non-hydrogen) atoms. The van der Waals surface area contributed by atoms with E-state index in [2.05, 4.69) is 30.3 Å². The molecule has 0 radical (unpaired) electrons. The first-order valence-electron chi connectivity index (χ1n) is 7.90. The van der Waals surface area contributed by atoms with Gasteiger partial charge in [-0.15, -0.1) is 12.4 Å². The van der Waals surface area contributed by atoms with E-state index in [0.717, 1.165) is 12.0 Å². The number of hydrogen-bond acceptors (Lipinski definition) is 3. The third-order valence-electron chi connectivity index (χ3n) is 4.35. The molecule has 1 aliphatic rings. The quantitative estimate of drug-likeness (QED) is 0.925. The Morgan fingerprint density at radius 2 is 1.88 bits per heavy atom.